The number of nitrogens with zero attached hydrogens (tertiary/aromatic N) is 3. The van der Waals surface area contributed by atoms with Gasteiger partial charge in [0, 0.05) is 11.8 Å². The predicted molar refractivity (Wildman–Crippen MR) is 56.7 cm³/mol. The number of nitrogens with one attached hydrogen (secondary N) is 1. The number of hydrogen-bond donors (Lipinski definition) is 1. The molecule has 0 bridgehead atoms. The van der Waals surface area contributed by atoms with Gasteiger partial charge in [-0.3, -0.25) is 9.89 Å². The Hall–Kier alpha value is -1.83. The first-order valence-electron chi connectivity index (χ1n) is 4.68. The van der Waals surface area contributed by atoms with Gasteiger partial charge in [-0.25, -0.2) is 4.68 Å². The van der Waals surface area contributed by atoms with Crippen LogP contribution in [0.15, 0.2) is 16.9 Å². The summed E-state index contributed by atoms with van der Waals surface area (Å²) in [5.41, 5.74) is -1.57. The van der Waals surface area contributed by atoms with Crippen molar-refractivity contribution in [2.75, 3.05) is 0 Å². The SMILES string of the molecule is Cc1cc(C(F)(F)F)nn1-c1n[nH]c(Cl)cc1=O. The monoisotopic (exact) mass is 278 g/mol. The predicted octanol–water partition coefficient (Wildman–Crippen LogP) is 1.94. The van der Waals surface area contributed by atoms with Crippen LogP contribution in [-0.2, 0) is 6.18 Å². The molecule has 0 aliphatic carbocycles. The fraction of sp³-hybridized carbons (Fsp3) is 0.222. The largest absolute Gasteiger partial charge is 0.435 e. The molecule has 96 valence electrons. The summed E-state index contributed by atoms with van der Waals surface area (Å²) in [6.45, 7) is 1.39. The molecule has 0 saturated heterocycles. The second kappa shape index (κ2) is 4.13. The number of rotatable bonds is 1. The second-order valence-corrected chi connectivity index (χ2v) is 3.89. The van der Waals surface area contributed by atoms with E-state index >= 15 is 0 Å². The molecule has 0 radical (unpaired) electrons. The van der Waals surface area contributed by atoms with Gasteiger partial charge < -0.3 is 0 Å². The van der Waals surface area contributed by atoms with Crippen LogP contribution >= 0.6 is 11.6 Å². The van der Waals surface area contributed by atoms with E-state index in [0.29, 0.717) is 0 Å². The third-order valence-electron chi connectivity index (χ3n) is 2.13. The number of halogens is 4. The summed E-state index contributed by atoms with van der Waals surface area (Å²) in [5, 5.41) is 9.15. The van der Waals surface area contributed by atoms with Crippen molar-refractivity contribution in [3.05, 3.63) is 38.9 Å². The first kappa shape index (κ1) is 12.6. The molecule has 18 heavy (non-hydrogen) atoms. The van der Waals surface area contributed by atoms with Crippen LogP contribution in [0.5, 0.6) is 0 Å². The Balaban J connectivity index is 2.58. The van der Waals surface area contributed by atoms with Crippen molar-refractivity contribution in [3.63, 3.8) is 0 Å². The van der Waals surface area contributed by atoms with Gasteiger partial charge in [0.1, 0.15) is 5.15 Å². The zero-order chi connectivity index (χ0) is 13.5. The standard InChI is InChI=1S/C9H6ClF3N4O/c1-4-2-6(9(11,12)13)16-17(4)8-5(18)3-7(10)14-15-8/h2-3H,1H3,(H,14,18). The molecule has 5 nitrogen and oxygen atoms in total. The molecule has 0 aliphatic rings. The summed E-state index contributed by atoms with van der Waals surface area (Å²) in [5.74, 6) is -0.271. The first-order chi connectivity index (χ1) is 8.29. The van der Waals surface area contributed by atoms with Gasteiger partial charge in [0.25, 0.3) is 0 Å². The normalized spacial score (nSPS) is 11.8. The molecule has 0 aromatic carbocycles. The highest BCUT2D eigenvalue weighted by atomic mass is 35.5. The Morgan fingerprint density at radius 1 is 1.39 bits per heavy atom. The van der Waals surface area contributed by atoms with Crippen LogP contribution in [0.25, 0.3) is 5.82 Å². The Labute approximate surface area is 103 Å². The number of aryl methyl sites for hydroxylation is 1. The molecule has 1 N–H and O–H groups in total. The van der Waals surface area contributed by atoms with E-state index in [9.17, 15) is 18.0 Å². The molecule has 2 rings (SSSR count). The zero-order valence-corrected chi connectivity index (χ0v) is 9.67. The molecule has 0 atom stereocenters. The second-order valence-electron chi connectivity index (χ2n) is 3.48. The van der Waals surface area contributed by atoms with Crippen LogP contribution in [0, 0.1) is 6.92 Å². The summed E-state index contributed by atoms with van der Waals surface area (Å²) >= 11 is 5.49. The maximum atomic E-state index is 12.5. The van der Waals surface area contributed by atoms with Gasteiger partial charge in [0.2, 0.25) is 11.2 Å². The minimum Gasteiger partial charge on any atom is -0.286 e. The molecule has 0 unspecified atom stereocenters. The van der Waals surface area contributed by atoms with E-state index in [0.717, 1.165) is 16.8 Å². The fourth-order valence-corrected chi connectivity index (χ4v) is 1.49. The highest BCUT2D eigenvalue weighted by Gasteiger charge is 2.34. The maximum absolute atomic E-state index is 12.5. The van der Waals surface area contributed by atoms with Crippen molar-refractivity contribution in [2.45, 2.75) is 13.1 Å². The summed E-state index contributed by atoms with van der Waals surface area (Å²) in [6.07, 6.45) is -4.57. The van der Waals surface area contributed by atoms with Gasteiger partial charge in [-0.1, -0.05) is 11.6 Å². The Morgan fingerprint density at radius 3 is 2.56 bits per heavy atom. The first-order valence-corrected chi connectivity index (χ1v) is 5.06. The van der Waals surface area contributed by atoms with E-state index in [1.165, 1.54) is 6.92 Å². The van der Waals surface area contributed by atoms with Gasteiger partial charge in [-0.05, 0) is 13.0 Å². The molecule has 0 aliphatic heterocycles. The van der Waals surface area contributed by atoms with Crippen molar-refractivity contribution in [3.8, 4) is 5.82 Å². The van der Waals surface area contributed by atoms with E-state index in [1.54, 1.807) is 0 Å². The molecule has 0 fully saturated rings. The molecular formula is C9H6ClF3N4O. The van der Waals surface area contributed by atoms with Crippen LogP contribution in [0.2, 0.25) is 5.15 Å². The molecule has 2 aromatic rings. The third kappa shape index (κ3) is 2.23. The lowest BCUT2D eigenvalue weighted by Gasteiger charge is -2.02. The Morgan fingerprint density at radius 2 is 2.06 bits per heavy atom. The Bertz CT molecular complexity index is 646. The number of aromatic nitrogens is 4. The third-order valence-corrected chi connectivity index (χ3v) is 2.32. The fourth-order valence-electron chi connectivity index (χ4n) is 1.35. The quantitative estimate of drug-likeness (QED) is 0.867. The molecule has 0 saturated carbocycles. The van der Waals surface area contributed by atoms with Gasteiger partial charge in [-0.15, -0.1) is 0 Å². The summed E-state index contributed by atoms with van der Waals surface area (Å²) < 4.78 is 38.2. The highest BCUT2D eigenvalue weighted by Crippen LogP contribution is 2.28. The van der Waals surface area contributed by atoms with E-state index in [-0.39, 0.29) is 16.7 Å². The van der Waals surface area contributed by atoms with E-state index in [1.807, 2.05) is 0 Å². The lowest BCUT2D eigenvalue weighted by Crippen LogP contribution is -2.17. The topological polar surface area (TPSA) is 63.6 Å². The average Bonchev–Trinajstić information content (AvgIpc) is 2.60. The average molecular weight is 279 g/mol. The number of H-pyrrole nitrogens is 1. The number of aromatic amines is 1. The number of alkyl halides is 3. The van der Waals surface area contributed by atoms with Gasteiger partial charge in [-0.2, -0.15) is 23.4 Å². The van der Waals surface area contributed by atoms with E-state index in [4.69, 9.17) is 11.6 Å². The highest BCUT2D eigenvalue weighted by molar-refractivity contribution is 6.29. The van der Waals surface area contributed by atoms with Crippen LogP contribution in [-0.4, -0.2) is 20.0 Å². The van der Waals surface area contributed by atoms with Crippen molar-refractivity contribution in [1.29, 1.82) is 0 Å². The summed E-state index contributed by atoms with van der Waals surface area (Å²) in [7, 11) is 0. The lowest BCUT2D eigenvalue weighted by molar-refractivity contribution is -0.141. The smallest absolute Gasteiger partial charge is 0.286 e. The van der Waals surface area contributed by atoms with Gasteiger partial charge >= 0.3 is 6.18 Å². The molecule has 2 heterocycles. The zero-order valence-electron chi connectivity index (χ0n) is 8.92. The lowest BCUT2D eigenvalue weighted by atomic mass is 10.3. The summed E-state index contributed by atoms with van der Waals surface area (Å²) in [4.78, 5) is 11.5. The molecule has 2 aromatic heterocycles. The molecule has 0 spiro atoms. The van der Waals surface area contributed by atoms with Crippen molar-refractivity contribution < 1.29 is 13.2 Å². The van der Waals surface area contributed by atoms with Crippen molar-refractivity contribution in [1.82, 2.24) is 20.0 Å². The Kier molecular flexibility index (Phi) is 2.89. The van der Waals surface area contributed by atoms with E-state index < -0.39 is 17.3 Å². The van der Waals surface area contributed by atoms with E-state index in [2.05, 4.69) is 15.3 Å². The van der Waals surface area contributed by atoms with Gasteiger partial charge in [0.05, 0.1) is 0 Å². The summed E-state index contributed by atoms with van der Waals surface area (Å²) in [6, 6.07) is 1.84. The van der Waals surface area contributed by atoms with Crippen LogP contribution in [0.3, 0.4) is 0 Å². The van der Waals surface area contributed by atoms with Crippen molar-refractivity contribution >= 4 is 11.6 Å². The molecule has 0 amide bonds. The molecular weight excluding hydrogens is 273 g/mol. The molecule has 9 heteroatoms. The maximum Gasteiger partial charge on any atom is 0.435 e. The van der Waals surface area contributed by atoms with Crippen LogP contribution in [0.4, 0.5) is 13.2 Å². The van der Waals surface area contributed by atoms with Crippen LogP contribution in [0.1, 0.15) is 11.4 Å². The number of hydrogen-bond acceptors (Lipinski definition) is 3. The minimum atomic E-state index is -4.57. The van der Waals surface area contributed by atoms with Gasteiger partial charge in [0.15, 0.2) is 5.69 Å². The van der Waals surface area contributed by atoms with Crippen molar-refractivity contribution in [2.24, 2.45) is 0 Å². The minimum absolute atomic E-state index is 0.00963. The van der Waals surface area contributed by atoms with Crippen LogP contribution < -0.4 is 5.43 Å².